The molecular formula is C16H20ClN3O2. The predicted octanol–water partition coefficient (Wildman–Crippen LogP) is 4.19. The smallest absolute Gasteiger partial charge is 0.142 e. The molecule has 0 bridgehead atoms. The molecule has 0 amide bonds. The van der Waals surface area contributed by atoms with Gasteiger partial charge in [0.1, 0.15) is 28.3 Å². The van der Waals surface area contributed by atoms with Crippen molar-refractivity contribution < 1.29 is 9.47 Å². The first-order valence-electron chi connectivity index (χ1n) is 6.87. The molecule has 6 heteroatoms. The summed E-state index contributed by atoms with van der Waals surface area (Å²) >= 11 is 6.11. The zero-order chi connectivity index (χ0) is 16.3. The van der Waals surface area contributed by atoms with Crippen molar-refractivity contribution in [2.45, 2.75) is 26.2 Å². The van der Waals surface area contributed by atoms with Crippen molar-refractivity contribution in [1.82, 2.24) is 9.97 Å². The predicted molar refractivity (Wildman–Crippen MR) is 88.6 cm³/mol. The Balaban J connectivity index is 2.40. The molecular weight excluding hydrogens is 302 g/mol. The molecule has 0 saturated heterocycles. The summed E-state index contributed by atoms with van der Waals surface area (Å²) in [5.41, 5.74) is 0.552. The van der Waals surface area contributed by atoms with Gasteiger partial charge in [-0.15, -0.1) is 0 Å². The minimum absolute atomic E-state index is 0.195. The van der Waals surface area contributed by atoms with Gasteiger partial charge in [0.15, 0.2) is 0 Å². The fraction of sp³-hybridized carbons (Fsp3) is 0.375. The summed E-state index contributed by atoms with van der Waals surface area (Å²) in [5, 5.41) is 3.60. The van der Waals surface area contributed by atoms with Crippen LogP contribution in [0.15, 0.2) is 24.3 Å². The number of benzene rings is 1. The van der Waals surface area contributed by atoms with E-state index in [9.17, 15) is 0 Å². The van der Waals surface area contributed by atoms with Gasteiger partial charge in [-0.2, -0.15) is 0 Å². The van der Waals surface area contributed by atoms with E-state index in [1.165, 1.54) is 0 Å². The summed E-state index contributed by atoms with van der Waals surface area (Å²) < 4.78 is 10.6. The van der Waals surface area contributed by atoms with Crippen molar-refractivity contribution in [3.8, 4) is 11.5 Å². The van der Waals surface area contributed by atoms with E-state index in [0.717, 1.165) is 11.4 Å². The van der Waals surface area contributed by atoms with E-state index in [1.54, 1.807) is 20.3 Å². The fourth-order valence-electron chi connectivity index (χ4n) is 1.87. The number of anilines is 2. The molecule has 0 aliphatic carbocycles. The van der Waals surface area contributed by atoms with E-state index >= 15 is 0 Å². The van der Waals surface area contributed by atoms with Crippen molar-refractivity contribution in [1.29, 1.82) is 0 Å². The molecule has 2 aromatic rings. The number of ether oxygens (including phenoxy) is 2. The molecule has 0 saturated carbocycles. The molecule has 0 unspecified atom stereocenters. The van der Waals surface area contributed by atoms with E-state index in [-0.39, 0.29) is 5.41 Å². The van der Waals surface area contributed by atoms with Crippen LogP contribution in [0, 0.1) is 0 Å². The molecule has 0 radical (unpaired) electrons. The summed E-state index contributed by atoms with van der Waals surface area (Å²) in [7, 11) is 3.23. The minimum Gasteiger partial charge on any atom is -0.497 e. The monoisotopic (exact) mass is 321 g/mol. The highest BCUT2D eigenvalue weighted by Gasteiger charge is 2.19. The Labute approximate surface area is 135 Å². The van der Waals surface area contributed by atoms with E-state index in [2.05, 4.69) is 15.3 Å². The van der Waals surface area contributed by atoms with Crippen LogP contribution in [0.4, 0.5) is 11.5 Å². The zero-order valence-electron chi connectivity index (χ0n) is 13.4. The number of nitrogens with zero attached hydrogens (tertiary/aromatic N) is 2. The number of nitrogens with one attached hydrogen (secondary N) is 1. The van der Waals surface area contributed by atoms with Gasteiger partial charge in [-0.25, -0.2) is 9.97 Å². The maximum atomic E-state index is 6.11. The Morgan fingerprint density at radius 1 is 1.05 bits per heavy atom. The van der Waals surface area contributed by atoms with Gasteiger partial charge in [-0.3, -0.25) is 0 Å². The van der Waals surface area contributed by atoms with Crippen LogP contribution >= 0.6 is 11.6 Å². The van der Waals surface area contributed by atoms with Crippen molar-refractivity contribution in [3.63, 3.8) is 0 Å². The lowest BCUT2D eigenvalue weighted by Gasteiger charge is -2.18. The van der Waals surface area contributed by atoms with Crippen LogP contribution in [0.1, 0.15) is 26.6 Å². The van der Waals surface area contributed by atoms with Crippen molar-refractivity contribution >= 4 is 23.1 Å². The molecule has 22 heavy (non-hydrogen) atoms. The second-order valence-corrected chi connectivity index (χ2v) is 6.23. The first-order valence-corrected chi connectivity index (χ1v) is 7.25. The molecule has 0 fully saturated rings. The molecule has 0 aliphatic heterocycles. The summed E-state index contributed by atoms with van der Waals surface area (Å²) in [4.78, 5) is 8.81. The van der Waals surface area contributed by atoms with Gasteiger partial charge in [0.2, 0.25) is 0 Å². The number of hydrogen-bond donors (Lipinski definition) is 1. The average molecular weight is 322 g/mol. The Morgan fingerprint density at radius 3 is 2.36 bits per heavy atom. The van der Waals surface area contributed by atoms with Gasteiger partial charge < -0.3 is 14.8 Å². The molecule has 5 nitrogen and oxygen atoms in total. The number of halogens is 1. The number of rotatable bonds is 4. The molecule has 0 atom stereocenters. The molecule has 2 rings (SSSR count). The maximum absolute atomic E-state index is 6.11. The first kappa shape index (κ1) is 16.4. The molecule has 1 heterocycles. The normalized spacial score (nSPS) is 11.2. The van der Waals surface area contributed by atoms with Crippen LogP contribution in [0.3, 0.4) is 0 Å². The topological polar surface area (TPSA) is 56.3 Å². The standard InChI is InChI=1S/C16H20ClN3O2/c1-16(2,3)15-19-13(17)9-14(20-15)18-11-8-10(21-4)6-7-12(11)22-5/h6-9H,1-5H3,(H,18,19,20). The SMILES string of the molecule is COc1ccc(OC)c(Nc2cc(Cl)nc(C(C)(C)C)n2)c1. The average Bonchev–Trinajstić information content (AvgIpc) is 2.45. The minimum atomic E-state index is -0.195. The molecule has 1 N–H and O–H groups in total. The van der Waals surface area contributed by atoms with Crippen LogP contribution in [0.2, 0.25) is 5.15 Å². The maximum Gasteiger partial charge on any atom is 0.142 e. The van der Waals surface area contributed by atoms with Crippen LogP contribution in [0.25, 0.3) is 0 Å². The van der Waals surface area contributed by atoms with Crippen LogP contribution in [-0.4, -0.2) is 24.2 Å². The highest BCUT2D eigenvalue weighted by Crippen LogP contribution is 2.32. The highest BCUT2D eigenvalue weighted by molar-refractivity contribution is 6.29. The van der Waals surface area contributed by atoms with Gasteiger partial charge in [0.25, 0.3) is 0 Å². The van der Waals surface area contributed by atoms with E-state index in [0.29, 0.717) is 22.5 Å². The summed E-state index contributed by atoms with van der Waals surface area (Å²) in [6.07, 6.45) is 0. The van der Waals surface area contributed by atoms with Crippen LogP contribution in [0.5, 0.6) is 11.5 Å². The van der Waals surface area contributed by atoms with Crippen LogP contribution < -0.4 is 14.8 Å². The highest BCUT2D eigenvalue weighted by atomic mass is 35.5. The van der Waals surface area contributed by atoms with E-state index in [1.807, 2.05) is 39.0 Å². The van der Waals surface area contributed by atoms with Gasteiger partial charge in [-0.05, 0) is 12.1 Å². The third kappa shape index (κ3) is 3.80. The van der Waals surface area contributed by atoms with Gasteiger partial charge in [0, 0.05) is 17.5 Å². The summed E-state index contributed by atoms with van der Waals surface area (Å²) in [6, 6.07) is 7.17. The zero-order valence-corrected chi connectivity index (χ0v) is 14.2. The number of aromatic nitrogens is 2. The molecule has 1 aromatic heterocycles. The Kier molecular flexibility index (Phi) is 4.76. The lowest BCUT2D eigenvalue weighted by Crippen LogP contribution is -2.16. The van der Waals surface area contributed by atoms with Crippen LogP contribution in [-0.2, 0) is 5.41 Å². The number of methoxy groups -OCH3 is 2. The lowest BCUT2D eigenvalue weighted by atomic mass is 9.96. The van der Waals surface area contributed by atoms with E-state index in [4.69, 9.17) is 21.1 Å². The lowest BCUT2D eigenvalue weighted by molar-refractivity contribution is 0.405. The first-order chi connectivity index (χ1) is 10.3. The second kappa shape index (κ2) is 6.40. The Hall–Kier alpha value is -2.01. The van der Waals surface area contributed by atoms with Crippen molar-refractivity contribution in [2.24, 2.45) is 0 Å². The molecule has 1 aromatic carbocycles. The second-order valence-electron chi connectivity index (χ2n) is 5.84. The third-order valence-corrected chi connectivity index (χ3v) is 3.23. The fourth-order valence-corrected chi connectivity index (χ4v) is 2.05. The molecule has 0 spiro atoms. The third-order valence-electron chi connectivity index (χ3n) is 3.04. The summed E-state index contributed by atoms with van der Waals surface area (Å²) in [5.74, 6) is 2.69. The number of hydrogen-bond acceptors (Lipinski definition) is 5. The summed E-state index contributed by atoms with van der Waals surface area (Å²) in [6.45, 7) is 6.11. The van der Waals surface area contributed by atoms with Crippen molar-refractivity contribution in [2.75, 3.05) is 19.5 Å². The Bertz CT molecular complexity index is 669. The quantitative estimate of drug-likeness (QED) is 0.856. The van der Waals surface area contributed by atoms with Gasteiger partial charge in [0.05, 0.1) is 19.9 Å². The van der Waals surface area contributed by atoms with Gasteiger partial charge in [-0.1, -0.05) is 32.4 Å². The molecule has 118 valence electrons. The largest absolute Gasteiger partial charge is 0.497 e. The van der Waals surface area contributed by atoms with Gasteiger partial charge >= 0.3 is 0 Å². The van der Waals surface area contributed by atoms with E-state index < -0.39 is 0 Å². The van der Waals surface area contributed by atoms with Crippen molar-refractivity contribution in [3.05, 3.63) is 35.2 Å². The Morgan fingerprint density at radius 2 is 1.77 bits per heavy atom. The molecule has 0 aliphatic rings.